The number of carbonyl (C=O) groups excluding carboxylic acids is 1. The molecule has 0 spiro atoms. The van der Waals surface area contributed by atoms with Crippen molar-refractivity contribution in [1.29, 1.82) is 0 Å². The van der Waals surface area contributed by atoms with Crippen LogP contribution in [0.5, 0.6) is 5.75 Å². The molecule has 0 saturated carbocycles. The Bertz CT molecular complexity index is 914. The molecule has 1 N–H and O–H groups in total. The van der Waals surface area contributed by atoms with Crippen molar-refractivity contribution in [3.05, 3.63) is 40.2 Å². The molecular weight excluding hydrogens is 346 g/mol. The minimum absolute atomic E-state index is 0.0122. The number of fused-ring (bicyclic) bond motifs is 3. The van der Waals surface area contributed by atoms with Gasteiger partial charge in [-0.3, -0.25) is 0 Å². The van der Waals surface area contributed by atoms with Gasteiger partial charge in [0.2, 0.25) is 5.75 Å². The van der Waals surface area contributed by atoms with Crippen molar-refractivity contribution in [2.75, 3.05) is 0 Å². The highest BCUT2D eigenvalue weighted by atomic mass is 16.6. The maximum Gasteiger partial charge on any atom is 0.379 e. The Morgan fingerprint density at radius 3 is 2.56 bits per heavy atom. The Morgan fingerprint density at radius 2 is 1.89 bits per heavy atom. The van der Waals surface area contributed by atoms with E-state index in [0.717, 1.165) is 25.7 Å². The lowest BCUT2D eigenvalue weighted by atomic mass is 10.0. The third-order valence-electron chi connectivity index (χ3n) is 5.07. The van der Waals surface area contributed by atoms with Crippen LogP contribution in [0.25, 0.3) is 11.0 Å². The van der Waals surface area contributed by atoms with E-state index in [2.05, 4.69) is 5.32 Å². The summed E-state index contributed by atoms with van der Waals surface area (Å²) in [6.45, 7) is 5.39. The standard InChI is InChI=1S/C21H25NO5/c1-21(2,3)27-19(23)16-6-4-5-12-9-17(20(24)26-18(12)16)25-15-10-13-7-8-14(11-15)22-13/h4-6,9,13-15,22H,7-8,10-11H2,1-3H3. The third-order valence-corrected chi connectivity index (χ3v) is 5.07. The molecule has 1 aromatic heterocycles. The molecule has 27 heavy (non-hydrogen) atoms. The van der Waals surface area contributed by atoms with Crippen LogP contribution in [-0.2, 0) is 4.74 Å². The van der Waals surface area contributed by atoms with E-state index in [1.54, 1.807) is 45.0 Å². The van der Waals surface area contributed by atoms with E-state index >= 15 is 0 Å². The molecule has 2 fully saturated rings. The molecular formula is C21H25NO5. The number of hydrogen-bond acceptors (Lipinski definition) is 6. The summed E-state index contributed by atoms with van der Waals surface area (Å²) in [5.74, 6) is -0.310. The maximum atomic E-state index is 12.5. The molecule has 3 heterocycles. The van der Waals surface area contributed by atoms with Gasteiger partial charge in [0.15, 0.2) is 5.58 Å². The zero-order valence-corrected chi connectivity index (χ0v) is 15.9. The summed E-state index contributed by atoms with van der Waals surface area (Å²) in [5.41, 5.74) is -0.721. The number of nitrogens with one attached hydrogen (secondary N) is 1. The molecule has 144 valence electrons. The van der Waals surface area contributed by atoms with E-state index in [9.17, 15) is 9.59 Å². The van der Waals surface area contributed by atoms with Crippen LogP contribution in [0, 0.1) is 0 Å². The predicted octanol–water partition coefficient (Wildman–Crippen LogP) is 3.41. The molecule has 6 heteroatoms. The number of carbonyl (C=O) groups is 1. The van der Waals surface area contributed by atoms with Gasteiger partial charge in [-0.2, -0.15) is 0 Å². The van der Waals surface area contributed by atoms with E-state index in [1.165, 1.54) is 0 Å². The summed E-state index contributed by atoms with van der Waals surface area (Å²) in [5, 5.41) is 4.20. The van der Waals surface area contributed by atoms with Gasteiger partial charge in [-0.1, -0.05) is 12.1 Å². The van der Waals surface area contributed by atoms with Crippen LogP contribution in [0.15, 0.2) is 33.5 Å². The molecule has 0 aliphatic carbocycles. The van der Waals surface area contributed by atoms with Crippen molar-refractivity contribution < 1.29 is 18.7 Å². The fourth-order valence-electron chi connectivity index (χ4n) is 3.98. The van der Waals surface area contributed by atoms with Gasteiger partial charge in [-0.15, -0.1) is 0 Å². The number of para-hydroxylation sites is 1. The third kappa shape index (κ3) is 3.86. The summed E-state index contributed by atoms with van der Waals surface area (Å²) in [7, 11) is 0. The van der Waals surface area contributed by atoms with Crippen LogP contribution in [0.1, 0.15) is 56.8 Å². The fraction of sp³-hybridized carbons (Fsp3) is 0.524. The van der Waals surface area contributed by atoms with Crippen LogP contribution in [-0.4, -0.2) is 29.8 Å². The Morgan fingerprint density at radius 1 is 1.19 bits per heavy atom. The summed E-state index contributed by atoms with van der Waals surface area (Å²) < 4.78 is 16.9. The highest BCUT2D eigenvalue weighted by Crippen LogP contribution is 2.30. The lowest BCUT2D eigenvalue weighted by Gasteiger charge is -2.29. The van der Waals surface area contributed by atoms with Crippen LogP contribution in [0.2, 0.25) is 0 Å². The first-order chi connectivity index (χ1) is 12.8. The number of rotatable bonds is 3. The quantitative estimate of drug-likeness (QED) is 0.658. The average molecular weight is 371 g/mol. The molecule has 1 aromatic carbocycles. The number of esters is 1. The van der Waals surface area contributed by atoms with Crippen LogP contribution >= 0.6 is 0 Å². The first kappa shape index (κ1) is 18.0. The second-order valence-corrected chi connectivity index (χ2v) is 8.47. The van der Waals surface area contributed by atoms with E-state index in [0.29, 0.717) is 17.5 Å². The summed E-state index contributed by atoms with van der Waals surface area (Å²) in [6.07, 6.45) is 4.13. The maximum absolute atomic E-state index is 12.5. The summed E-state index contributed by atoms with van der Waals surface area (Å²) >= 11 is 0. The predicted molar refractivity (Wildman–Crippen MR) is 101 cm³/mol. The highest BCUT2D eigenvalue weighted by molar-refractivity contribution is 6.02. The van der Waals surface area contributed by atoms with Gasteiger partial charge in [0, 0.05) is 17.5 Å². The molecule has 2 aromatic rings. The Labute approximate surface area is 157 Å². The number of hydrogen-bond donors (Lipinski definition) is 1. The largest absolute Gasteiger partial charge is 0.483 e. The number of piperidine rings is 1. The lowest BCUT2D eigenvalue weighted by Crippen LogP contribution is -2.42. The molecule has 6 nitrogen and oxygen atoms in total. The van der Waals surface area contributed by atoms with Gasteiger partial charge >= 0.3 is 11.6 Å². The van der Waals surface area contributed by atoms with Crippen molar-refractivity contribution in [2.45, 2.75) is 70.2 Å². The van der Waals surface area contributed by atoms with E-state index in [1.807, 2.05) is 0 Å². The molecule has 4 rings (SSSR count). The van der Waals surface area contributed by atoms with Gasteiger partial charge in [0.05, 0.1) is 0 Å². The van der Waals surface area contributed by atoms with Crippen molar-refractivity contribution >= 4 is 16.9 Å². The van der Waals surface area contributed by atoms with Crippen molar-refractivity contribution in [1.82, 2.24) is 5.32 Å². The van der Waals surface area contributed by atoms with Crippen LogP contribution < -0.4 is 15.7 Å². The van der Waals surface area contributed by atoms with E-state index < -0.39 is 17.2 Å². The van der Waals surface area contributed by atoms with Gasteiger partial charge in [-0.05, 0) is 58.6 Å². The molecule has 0 radical (unpaired) electrons. The Hall–Kier alpha value is -2.34. The SMILES string of the molecule is CC(C)(C)OC(=O)c1cccc2cc(OC3CC4CCC(C3)N4)c(=O)oc12. The molecule has 2 unspecified atom stereocenters. The highest BCUT2D eigenvalue weighted by Gasteiger charge is 2.35. The molecule has 2 bridgehead atoms. The van der Waals surface area contributed by atoms with Gasteiger partial charge in [0.25, 0.3) is 0 Å². The van der Waals surface area contributed by atoms with Crippen molar-refractivity contribution in [3.63, 3.8) is 0 Å². The summed E-state index contributed by atoms with van der Waals surface area (Å²) in [4.78, 5) is 24.9. The molecule has 0 amide bonds. The number of ether oxygens (including phenoxy) is 2. The zero-order valence-electron chi connectivity index (χ0n) is 15.9. The van der Waals surface area contributed by atoms with Crippen molar-refractivity contribution in [3.8, 4) is 5.75 Å². The van der Waals surface area contributed by atoms with Gasteiger partial charge < -0.3 is 19.2 Å². The fourth-order valence-corrected chi connectivity index (χ4v) is 3.98. The molecule has 2 aliphatic rings. The monoisotopic (exact) mass is 371 g/mol. The van der Waals surface area contributed by atoms with Crippen LogP contribution in [0.3, 0.4) is 0 Å². The zero-order chi connectivity index (χ0) is 19.2. The number of benzene rings is 1. The first-order valence-electron chi connectivity index (χ1n) is 9.51. The van der Waals surface area contributed by atoms with E-state index in [4.69, 9.17) is 13.9 Å². The lowest BCUT2D eigenvalue weighted by molar-refractivity contribution is 0.00704. The molecule has 2 atom stereocenters. The average Bonchev–Trinajstić information content (AvgIpc) is 2.92. The first-order valence-corrected chi connectivity index (χ1v) is 9.51. The van der Waals surface area contributed by atoms with Gasteiger partial charge in [0.1, 0.15) is 17.3 Å². The summed E-state index contributed by atoms with van der Waals surface area (Å²) in [6, 6.07) is 7.75. The second-order valence-electron chi connectivity index (χ2n) is 8.47. The van der Waals surface area contributed by atoms with E-state index in [-0.39, 0.29) is 23.0 Å². The minimum atomic E-state index is -0.628. The van der Waals surface area contributed by atoms with Crippen LogP contribution in [0.4, 0.5) is 0 Å². The topological polar surface area (TPSA) is 77.8 Å². The van der Waals surface area contributed by atoms with Gasteiger partial charge in [-0.25, -0.2) is 9.59 Å². The smallest absolute Gasteiger partial charge is 0.379 e. The molecule has 2 saturated heterocycles. The Balaban J connectivity index is 1.62. The second kappa shape index (κ2) is 6.68. The normalized spacial score (nSPS) is 24.8. The minimum Gasteiger partial charge on any atom is -0.483 e. The Kier molecular flexibility index (Phi) is 4.46. The molecule has 2 aliphatic heterocycles. The van der Waals surface area contributed by atoms with Crippen molar-refractivity contribution in [2.24, 2.45) is 0 Å².